The van der Waals surface area contributed by atoms with Crippen LogP contribution in [0, 0.1) is 0 Å². The normalized spacial score (nSPS) is 10.5. The van der Waals surface area contributed by atoms with Crippen LogP contribution < -0.4 is 0 Å². The van der Waals surface area contributed by atoms with Crippen molar-refractivity contribution in [3.05, 3.63) is 0 Å². The second kappa shape index (κ2) is 23.0. The fourth-order valence-corrected chi connectivity index (χ4v) is 0. The van der Waals surface area contributed by atoms with Crippen molar-refractivity contribution in [1.82, 2.24) is 0 Å². The maximum atomic E-state index is 8.94. The van der Waals surface area contributed by atoms with Crippen LogP contribution in [-0.2, 0) is 18.7 Å². The summed E-state index contributed by atoms with van der Waals surface area (Å²) in [6.07, 6.45) is 0. The van der Waals surface area contributed by atoms with Crippen LogP contribution in [0.5, 0.6) is 0 Å². The van der Waals surface area contributed by atoms with Gasteiger partial charge in [0.05, 0.1) is 0 Å². The van der Waals surface area contributed by atoms with Crippen LogP contribution >= 0.6 is 0 Å². The van der Waals surface area contributed by atoms with E-state index in [-0.39, 0.29) is 53.9 Å². The van der Waals surface area contributed by atoms with Gasteiger partial charge in [0.2, 0.25) is 0 Å². The van der Waals surface area contributed by atoms with Crippen LogP contribution in [0.3, 0.4) is 0 Å². The van der Waals surface area contributed by atoms with E-state index in [0.717, 1.165) is 0 Å². The third-order valence-electron chi connectivity index (χ3n) is 0. The Morgan fingerprint density at radius 2 is 0.250 bits per heavy atom. The molecule has 28 heavy (non-hydrogen) atoms. The van der Waals surface area contributed by atoms with Gasteiger partial charge in [0.15, 0.2) is 0 Å². The van der Waals surface area contributed by atoms with Crippen LogP contribution in [0.15, 0.2) is 0 Å². The van der Waals surface area contributed by atoms with Gasteiger partial charge in [-0.25, -0.2) is 0 Å². The van der Waals surface area contributed by atoms with E-state index in [9.17, 15) is 0 Å². The van der Waals surface area contributed by atoms with Crippen LogP contribution in [0.1, 0.15) is 0 Å². The number of hydrogen-bond acceptors (Lipinski definition) is 5. The molecule has 3 unspecified atom stereocenters. The standard InChI is InChI=1S/5AsH3O4.3AsH3/c5*2-1(3,4)5;;;/h5*(H3,2,3,4,5);3*1H3. The minimum absolute atomic E-state index is 0. The van der Waals surface area contributed by atoms with Gasteiger partial charge in [0, 0.05) is 0 Å². The van der Waals surface area contributed by atoms with Gasteiger partial charge < -0.3 is 0 Å². The summed E-state index contributed by atoms with van der Waals surface area (Å²) in [5.74, 6) is 0. The number of rotatable bonds is 0. The number of hydrogen-bond donors (Lipinski definition) is 15. The first-order valence-electron chi connectivity index (χ1n) is 3.91. The molecule has 28 heteroatoms. The first-order chi connectivity index (χ1) is 10.0. The van der Waals surface area contributed by atoms with Crippen molar-refractivity contribution in [2.75, 3.05) is 0 Å². The molecule has 20 nitrogen and oxygen atoms in total. The van der Waals surface area contributed by atoms with E-state index in [0.29, 0.717) is 0 Å². The maximum absolute atomic E-state index is 8.94. The Morgan fingerprint density at radius 3 is 0.250 bits per heavy atom. The molecule has 0 aromatic carbocycles. The van der Waals surface area contributed by atoms with Crippen LogP contribution in [-0.4, -0.2) is 188 Å². The average molecular weight is 944 g/mol. The molecule has 0 aliphatic rings. The molecule has 0 aromatic rings. The molecule has 0 heterocycles. The fourth-order valence-electron chi connectivity index (χ4n) is 0. The van der Waals surface area contributed by atoms with Crippen molar-refractivity contribution >= 4 is 126 Å². The van der Waals surface area contributed by atoms with Gasteiger partial charge in [-0.3, -0.25) is 0 Å². The van der Waals surface area contributed by atoms with Crippen molar-refractivity contribution in [3.8, 4) is 0 Å². The van der Waals surface area contributed by atoms with Crippen molar-refractivity contribution in [2.45, 2.75) is 0 Å². The van der Waals surface area contributed by atoms with Gasteiger partial charge in [-0.1, -0.05) is 0 Å². The molecular formula is H24As8O20. The molecule has 0 aliphatic heterocycles. The summed E-state index contributed by atoms with van der Waals surface area (Å²) >= 11 is -25.6. The van der Waals surface area contributed by atoms with Gasteiger partial charge in [-0.2, -0.15) is 0 Å². The molecule has 0 rings (SSSR count). The van der Waals surface area contributed by atoms with Crippen LogP contribution in [0.25, 0.3) is 0 Å². The Bertz CT molecular complexity index is 371. The summed E-state index contributed by atoms with van der Waals surface area (Å²) in [6, 6.07) is 0. The average Bonchev–Trinajstić information content (AvgIpc) is 1.79. The van der Waals surface area contributed by atoms with E-state index in [2.05, 4.69) is 0 Å². The van der Waals surface area contributed by atoms with Gasteiger partial charge in [0.1, 0.15) is 0 Å². The molecule has 0 saturated heterocycles. The minimum atomic E-state index is -5.12. The first kappa shape index (κ1) is 52.7. The molecule has 0 bridgehead atoms. The quantitative estimate of drug-likeness (QED) is 0.100. The van der Waals surface area contributed by atoms with Crippen LogP contribution in [0.4, 0.5) is 0 Å². The first-order valence-corrected chi connectivity index (χ1v) is 20.3. The van der Waals surface area contributed by atoms with Gasteiger partial charge in [-0.15, -0.1) is 0 Å². The molecule has 184 valence electrons. The van der Waals surface area contributed by atoms with E-state index in [1.54, 1.807) is 0 Å². The summed E-state index contributed by atoms with van der Waals surface area (Å²) in [5, 5.41) is 0. The molecule has 15 N–H and O–H groups in total. The van der Waals surface area contributed by atoms with E-state index < -0.39 is 72.6 Å². The zero-order valence-electron chi connectivity index (χ0n) is 13.1. The SMILES string of the molecule is O=[As](O)(O)O.O=[As](O)(O)O.O=[As](O)(O)O.O=[As](O)(O)O.O=[As](O)(O)O.[AsH3].[AsH3].[AsH3]. The van der Waals surface area contributed by atoms with E-state index in [1.165, 1.54) is 0 Å². The molecule has 0 aromatic heterocycles. The predicted octanol–water partition coefficient (Wildman–Crippen LogP) is -14.4. The third kappa shape index (κ3) is 2730. The molecule has 0 aliphatic carbocycles. The second-order valence-electron chi connectivity index (χ2n) is 2.57. The van der Waals surface area contributed by atoms with Crippen molar-refractivity contribution in [3.63, 3.8) is 0 Å². The summed E-state index contributed by atoms with van der Waals surface area (Å²) < 4.78 is 153. The summed E-state index contributed by atoms with van der Waals surface area (Å²) in [7, 11) is 0. The van der Waals surface area contributed by atoms with E-state index in [1.807, 2.05) is 0 Å². The summed E-state index contributed by atoms with van der Waals surface area (Å²) in [6.45, 7) is 0. The van der Waals surface area contributed by atoms with Crippen molar-refractivity contribution < 1.29 is 80.1 Å². The molecule has 0 fully saturated rings. The van der Waals surface area contributed by atoms with Crippen molar-refractivity contribution in [1.29, 1.82) is 0 Å². The fraction of sp³-hybridized carbons (Fsp3) is 0. The molecule has 3 atom stereocenters. The van der Waals surface area contributed by atoms with Crippen molar-refractivity contribution in [2.24, 2.45) is 0 Å². The zero-order valence-corrected chi connectivity index (χ0v) is 31.4. The second-order valence-corrected chi connectivity index (χ2v) is 13.3. The monoisotopic (exact) mass is 943 g/mol. The van der Waals surface area contributed by atoms with Gasteiger partial charge in [0.25, 0.3) is 0 Å². The molecular weight excluding hydrogens is 919 g/mol. The molecule has 0 spiro atoms. The topological polar surface area (TPSA) is 389 Å². The zero-order chi connectivity index (χ0) is 22.5. The Balaban J connectivity index is -0.0000000290. The van der Waals surface area contributed by atoms with E-state index >= 15 is 0 Å². The Hall–Kier alpha value is 2.87. The molecule has 0 amide bonds. The predicted molar refractivity (Wildman–Crippen MR) is 95.3 cm³/mol. The Kier molecular flexibility index (Phi) is 43.3. The van der Waals surface area contributed by atoms with E-state index in [4.69, 9.17) is 80.1 Å². The summed E-state index contributed by atoms with van der Waals surface area (Å²) in [5.41, 5.74) is 0. The Labute approximate surface area is 204 Å². The van der Waals surface area contributed by atoms with Gasteiger partial charge in [-0.05, 0) is 0 Å². The Morgan fingerprint density at radius 1 is 0.250 bits per heavy atom. The third-order valence-corrected chi connectivity index (χ3v) is 0. The van der Waals surface area contributed by atoms with Gasteiger partial charge >= 0.3 is 207 Å². The van der Waals surface area contributed by atoms with Crippen LogP contribution in [0.2, 0.25) is 0 Å². The summed E-state index contributed by atoms with van der Waals surface area (Å²) in [4.78, 5) is 0. The molecule has 0 saturated carbocycles. The molecule has 0 radical (unpaired) electrons.